The number of anilines is 1. The first-order chi connectivity index (χ1) is 9.13. The molecule has 1 aromatic rings. The predicted molar refractivity (Wildman–Crippen MR) is 80.6 cm³/mol. The number of ether oxygens (including phenoxy) is 1. The Bertz CT molecular complexity index is 455. The van der Waals surface area contributed by atoms with Gasteiger partial charge in [-0.05, 0) is 53.4 Å². The summed E-state index contributed by atoms with van der Waals surface area (Å²) < 4.78 is 5.92. The lowest BCUT2D eigenvalue weighted by molar-refractivity contribution is 0.173. The van der Waals surface area contributed by atoms with E-state index in [4.69, 9.17) is 4.74 Å². The van der Waals surface area contributed by atoms with E-state index >= 15 is 0 Å². The van der Waals surface area contributed by atoms with E-state index in [0.29, 0.717) is 0 Å². The maximum absolute atomic E-state index is 12.2. The van der Waals surface area contributed by atoms with Gasteiger partial charge in [0.2, 0.25) is 0 Å². The van der Waals surface area contributed by atoms with Crippen molar-refractivity contribution in [3.8, 4) is 0 Å². The van der Waals surface area contributed by atoms with Crippen LogP contribution in [0.2, 0.25) is 0 Å². The Hall–Kier alpha value is -1.03. The van der Waals surface area contributed by atoms with Crippen molar-refractivity contribution in [2.75, 3.05) is 12.0 Å². The standard InChI is InChI=1S/C15H20BrNO2/c1-11-8-9-13(16)14(10-11)17(15(18)19-2)12-6-4-3-5-7-12/h8-10,12H,3-7H2,1-2H3. The molecule has 0 spiro atoms. The third-order valence-electron chi connectivity index (χ3n) is 3.67. The first-order valence-corrected chi connectivity index (χ1v) is 7.56. The first kappa shape index (κ1) is 14.4. The fourth-order valence-corrected chi connectivity index (χ4v) is 3.13. The van der Waals surface area contributed by atoms with E-state index in [9.17, 15) is 4.79 Å². The zero-order valence-electron chi connectivity index (χ0n) is 11.5. The van der Waals surface area contributed by atoms with Crippen molar-refractivity contribution in [1.29, 1.82) is 0 Å². The van der Waals surface area contributed by atoms with E-state index in [2.05, 4.69) is 15.9 Å². The zero-order chi connectivity index (χ0) is 13.8. The van der Waals surface area contributed by atoms with Gasteiger partial charge < -0.3 is 4.74 Å². The summed E-state index contributed by atoms with van der Waals surface area (Å²) in [6.07, 6.45) is 5.47. The highest BCUT2D eigenvalue weighted by Crippen LogP contribution is 2.33. The minimum Gasteiger partial charge on any atom is -0.452 e. The molecule has 1 aliphatic rings. The summed E-state index contributed by atoms with van der Waals surface area (Å²) in [5.41, 5.74) is 2.06. The van der Waals surface area contributed by atoms with Gasteiger partial charge in [0, 0.05) is 10.5 Å². The molecule has 3 nitrogen and oxygen atoms in total. The molecule has 19 heavy (non-hydrogen) atoms. The number of halogens is 1. The first-order valence-electron chi connectivity index (χ1n) is 6.77. The molecule has 4 heteroatoms. The highest BCUT2D eigenvalue weighted by molar-refractivity contribution is 9.10. The van der Waals surface area contributed by atoms with E-state index in [0.717, 1.165) is 28.6 Å². The number of benzene rings is 1. The Morgan fingerprint density at radius 2 is 2.00 bits per heavy atom. The lowest BCUT2D eigenvalue weighted by Crippen LogP contribution is -2.41. The van der Waals surface area contributed by atoms with Crippen LogP contribution in [0, 0.1) is 6.92 Å². The van der Waals surface area contributed by atoms with Crippen molar-refractivity contribution in [3.05, 3.63) is 28.2 Å². The number of rotatable bonds is 2. The van der Waals surface area contributed by atoms with Gasteiger partial charge in [0.25, 0.3) is 0 Å². The van der Waals surface area contributed by atoms with Crippen LogP contribution in [-0.2, 0) is 4.74 Å². The second-order valence-corrected chi connectivity index (χ2v) is 5.94. The monoisotopic (exact) mass is 325 g/mol. The number of methoxy groups -OCH3 is 1. The molecular weight excluding hydrogens is 306 g/mol. The second-order valence-electron chi connectivity index (χ2n) is 5.09. The minimum atomic E-state index is -0.266. The third-order valence-corrected chi connectivity index (χ3v) is 4.34. The average Bonchev–Trinajstić information content (AvgIpc) is 2.44. The maximum atomic E-state index is 12.2. The zero-order valence-corrected chi connectivity index (χ0v) is 13.1. The van der Waals surface area contributed by atoms with Gasteiger partial charge in [-0.15, -0.1) is 0 Å². The van der Waals surface area contributed by atoms with Gasteiger partial charge in [-0.25, -0.2) is 4.79 Å². The van der Waals surface area contributed by atoms with Crippen LogP contribution in [0.1, 0.15) is 37.7 Å². The number of carbonyl (C=O) groups is 1. The lowest BCUT2D eigenvalue weighted by atomic mass is 9.94. The Kier molecular flexibility index (Phi) is 4.86. The molecule has 0 atom stereocenters. The fraction of sp³-hybridized carbons (Fsp3) is 0.533. The van der Waals surface area contributed by atoms with Crippen molar-refractivity contribution in [2.24, 2.45) is 0 Å². The molecule has 0 radical (unpaired) electrons. The molecule has 0 aliphatic heterocycles. The molecule has 1 fully saturated rings. The summed E-state index contributed by atoms with van der Waals surface area (Å²) in [7, 11) is 1.45. The Morgan fingerprint density at radius 3 is 2.63 bits per heavy atom. The van der Waals surface area contributed by atoms with Crippen LogP contribution >= 0.6 is 15.9 Å². The summed E-state index contributed by atoms with van der Waals surface area (Å²) in [5.74, 6) is 0. The smallest absolute Gasteiger partial charge is 0.414 e. The van der Waals surface area contributed by atoms with Crippen LogP contribution in [0.4, 0.5) is 10.5 Å². The second kappa shape index (κ2) is 6.42. The number of hydrogen-bond acceptors (Lipinski definition) is 2. The molecule has 0 unspecified atom stereocenters. The molecule has 2 rings (SSSR count). The van der Waals surface area contributed by atoms with Crippen LogP contribution in [0.15, 0.2) is 22.7 Å². The van der Waals surface area contributed by atoms with E-state index < -0.39 is 0 Å². The van der Waals surface area contributed by atoms with Crippen molar-refractivity contribution >= 4 is 27.7 Å². The SMILES string of the molecule is COC(=O)N(c1cc(C)ccc1Br)C1CCCCC1. The molecule has 1 saturated carbocycles. The summed E-state index contributed by atoms with van der Waals surface area (Å²) in [5, 5.41) is 0. The van der Waals surface area contributed by atoms with E-state index in [1.807, 2.05) is 30.0 Å². The molecule has 0 saturated heterocycles. The van der Waals surface area contributed by atoms with Crippen LogP contribution < -0.4 is 4.90 Å². The summed E-state index contributed by atoms with van der Waals surface area (Å²) in [6.45, 7) is 2.03. The lowest BCUT2D eigenvalue weighted by Gasteiger charge is -2.34. The van der Waals surface area contributed by atoms with E-state index in [1.165, 1.54) is 26.4 Å². The summed E-state index contributed by atoms with van der Waals surface area (Å²) in [6, 6.07) is 6.31. The Balaban J connectivity index is 2.36. The fourth-order valence-electron chi connectivity index (χ4n) is 2.69. The number of nitrogens with zero attached hydrogens (tertiary/aromatic N) is 1. The molecule has 0 bridgehead atoms. The van der Waals surface area contributed by atoms with Gasteiger partial charge in [0.05, 0.1) is 12.8 Å². The van der Waals surface area contributed by atoms with E-state index in [1.54, 1.807) is 0 Å². The normalized spacial score (nSPS) is 16.2. The largest absolute Gasteiger partial charge is 0.452 e. The van der Waals surface area contributed by atoms with Crippen LogP contribution in [0.25, 0.3) is 0 Å². The molecule has 1 aromatic carbocycles. The van der Waals surface area contributed by atoms with Gasteiger partial charge >= 0.3 is 6.09 Å². The molecule has 1 amide bonds. The number of amides is 1. The van der Waals surface area contributed by atoms with Gasteiger partial charge in [-0.2, -0.15) is 0 Å². The predicted octanol–water partition coefficient (Wildman–Crippen LogP) is 4.66. The van der Waals surface area contributed by atoms with Crippen LogP contribution in [0.3, 0.4) is 0 Å². The Labute approximate surface area is 123 Å². The molecular formula is C15H20BrNO2. The highest BCUT2D eigenvalue weighted by Gasteiger charge is 2.28. The summed E-state index contributed by atoms with van der Waals surface area (Å²) >= 11 is 3.55. The molecule has 0 N–H and O–H groups in total. The number of aryl methyl sites for hydroxylation is 1. The van der Waals surface area contributed by atoms with Gasteiger partial charge in [-0.1, -0.05) is 25.3 Å². The Morgan fingerprint density at radius 1 is 1.32 bits per heavy atom. The van der Waals surface area contributed by atoms with Gasteiger partial charge in [0.1, 0.15) is 0 Å². The van der Waals surface area contributed by atoms with Crippen molar-refractivity contribution in [2.45, 2.75) is 45.1 Å². The number of carbonyl (C=O) groups excluding carboxylic acids is 1. The van der Waals surface area contributed by atoms with Crippen LogP contribution in [0.5, 0.6) is 0 Å². The molecule has 0 heterocycles. The molecule has 104 valence electrons. The quantitative estimate of drug-likeness (QED) is 0.791. The van der Waals surface area contributed by atoms with Gasteiger partial charge in [0.15, 0.2) is 0 Å². The molecule has 1 aliphatic carbocycles. The third kappa shape index (κ3) is 3.30. The van der Waals surface area contributed by atoms with Gasteiger partial charge in [-0.3, -0.25) is 4.90 Å². The van der Waals surface area contributed by atoms with Crippen LogP contribution in [-0.4, -0.2) is 19.2 Å². The maximum Gasteiger partial charge on any atom is 0.414 e. The minimum absolute atomic E-state index is 0.249. The molecule has 0 aromatic heterocycles. The average molecular weight is 326 g/mol. The number of hydrogen-bond donors (Lipinski definition) is 0. The van der Waals surface area contributed by atoms with Crippen molar-refractivity contribution in [3.63, 3.8) is 0 Å². The highest BCUT2D eigenvalue weighted by atomic mass is 79.9. The summed E-state index contributed by atoms with van der Waals surface area (Å²) in [4.78, 5) is 14.0. The van der Waals surface area contributed by atoms with E-state index in [-0.39, 0.29) is 12.1 Å². The van der Waals surface area contributed by atoms with Crippen molar-refractivity contribution < 1.29 is 9.53 Å². The topological polar surface area (TPSA) is 29.5 Å². The van der Waals surface area contributed by atoms with Crippen molar-refractivity contribution in [1.82, 2.24) is 0 Å².